The van der Waals surface area contributed by atoms with Crippen LogP contribution in [0.15, 0.2) is 63.5 Å². The van der Waals surface area contributed by atoms with Crippen LogP contribution in [0.4, 0.5) is 0 Å². The number of methoxy groups -OCH3 is 2. The molecule has 0 saturated carbocycles. The molecule has 5 nitrogen and oxygen atoms in total. The third-order valence-electron chi connectivity index (χ3n) is 5.25. The number of nitrogens with zero attached hydrogens (tertiary/aromatic N) is 2. The molecule has 0 spiro atoms. The first-order valence-corrected chi connectivity index (χ1v) is 10.9. The van der Waals surface area contributed by atoms with Crippen LogP contribution in [0.3, 0.4) is 0 Å². The summed E-state index contributed by atoms with van der Waals surface area (Å²) < 4.78 is 18.4. The van der Waals surface area contributed by atoms with Crippen LogP contribution in [0.1, 0.15) is 34.7 Å². The van der Waals surface area contributed by atoms with Crippen LogP contribution in [0.2, 0.25) is 0 Å². The van der Waals surface area contributed by atoms with Crippen molar-refractivity contribution in [2.45, 2.75) is 18.7 Å². The van der Waals surface area contributed by atoms with E-state index in [2.05, 4.69) is 44.5 Å². The molecule has 2 atom stereocenters. The fraction of sp³-hybridized carbons (Fsp3) is 0.227. The molecule has 29 heavy (non-hydrogen) atoms. The highest BCUT2D eigenvalue weighted by Crippen LogP contribution is 2.49. The average molecular weight is 471 g/mol. The highest BCUT2D eigenvalue weighted by molar-refractivity contribution is 9.10. The predicted molar refractivity (Wildman–Crippen MR) is 117 cm³/mol. The second-order valence-corrected chi connectivity index (χ2v) is 8.75. The second kappa shape index (κ2) is 7.39. The third-order valence-corrected chi connectivity index (χ3v) is 6.66. The zero-order chi connectivity index (χ0) is 20.0. The monoisotopic (exact) mass is 470 g/mol. The van der Waals surface area contributed by atoms with Gasteiger partial charge in [0.1, 0.15) is 5.75 Å². The van der Waals surface area contributed by atoms with Crippen molar-refractivity contribution in [2.24, 2.45) is 5.10 Å². The van der Waals surface area contributed by atoms with Crippen LogP contribution in [0.5, 0.6) is 17.2 Å². The first-order chi connectivity index (χ1) is 14.2. The standard InChI is InChI=1S/C22H19BrN2O3S/c1-26-19-7-5-13(10-20(19)27-2)22-25-17(12-16(24-25)21-4-3-9-29-21)15-11-14(23)6-8-18(15)28-22/h3-11,17,22H,12H2,1-2H3/t17-,22-/m0/s1. The summed E-state index contributed by atoms with van der Waals surface area (Å²) in [7, 11) is 3.28. The molecular weight excluding hydrogens is 452 g/mol. The van der Waals surface area contributed by atoms with Crippen LogP contribution in [-0.2, 0) is 0 Å². The van der Waals surface area contributed by atoms with E-state index in [1.807, 2.05) is 30.3 Å². The zero-order valence-electron chi connectivity index (χ0n) is 16.0. The SMILES string of the molecule is COc1ccc([C@@H]2Oc3ccc(Br)cc3[C@@H]3CC(c4cccs4)=NN32)cc1OC. The molecule has 2 aromatic carbocycles. The molecule has 0 amide bonds. The summed E-state index contributed by atoms with van der Waals surface area (Å²) in [5.41, 5.74) is 3.20. The van der Waals surface area contributed by atoms with Gasteiger partial charge in [0.2, 0.25) is 6.23 Å². The second-order valence-electron chi connectivity index (χ2n) is 6.89. The molecule has 1 aromatic heterocycles. The van der Waals surface area contributed by atoms with Crippen molar-refractivity contribution in [2.75, 3.05) is 14.2 Å². The minimum atomic E-state index is -0.342. The molecule has 0 saturated heterocycles. The van der Waals surface area contributed by atoms with E-state index in [-0.39, 0.29) is 12.3 Å². The Labute approximate surface area is 181 Å². The summed E-state index contributed by atoms with van der Waals surface area (Å²) in [6, 6.07) is 16.3. The van der Waals surface area contributed by atoms with Gasteiger partial charge in [-0.3, -0.25) is 0 Å². The van der Waals surface area contributed by atoms with E-state index in [0.29, 0.717) is 11.5 Å². The quantitative estimate of drug-likeness (QED) is 0.485. The Bertz CT molecular complexity index is 1080. The molecule has 7 heteroatoms. The summed E-state index contributed by atoms with van der Waals surface area (Å²) in [4.78, 5) is 1.20. The maximum Gasteiger partial charge on any atom is 0.214 e. The van der Waals surface area contributed by atoms with Crippen molar-refractivity contribution >= 4 is 33.0 Å². The van der Waals surface area contributed by atoms with Crippen molar-refractivity contribution in [1.29, 1.82) is 0 Å². The van der Waals surface area contributed by atoms with Gasteiger partial charge in [0.05, 0.1) is 30.9 Å². The third kappa shape index (κ3) is 3.18. The van der Waals surface area contributed by atoms with Crippen molar-refractivity contribution in [3.8, 4) is 17.2 Å². The maximum atomic E-state index is 6.43. The van der Waals surface area contributed by atoms with E-state index >= 15 is 0 Å². The lowest BCUT2D eigenvalue weighted by Gasteiger charge is -2.38. The summed E-state index contributed by atoms with van der Waals surface area (Å²) in [6.07, 6.45) is 0.503. The smallest absolute Gasteiger partial charge is 0.214 e. The molecule has 2 aliphatic rings. The normalized spacial score (nSPS) is 19.8. The molecular formula is C22H19BrN2O3S. The molecule has 3 aromatic rings. The average Bonchev–Trinajstić information content (AvgIpc) is 3.42. The number of ether oxygens (including phenoxy) is 3. The van der Waals surface area contributed by atoms with Crippen LogP contribution < -0.4 is 14.2 Å². The van der Waals surface area contributed by atoms with Gasteiger partial charge in [-0.2, -0.15) is 5.10 Å². The lowest BCUT2D eigenvalue weighted by Crippen LogP contribution is -2.33. The van der Waals surface area contributed by atoms with Gasteiger partial charge in [0.25, 0.3) is 0 Å². The molecule has 2 aliphatic heterocycles. The van der Waals surface area contributed by atoms with Crippen LogP contribution in [0, 0.1) is 0 Å². The van der Waals surface area contributed by atoms with Crippen LogP contribution in [0.25, 0.3) is 0 Å². The molecule has 3 heterocycles. The zero-order valence-corrected chi connectivity index (χ0v) is 18.4. The van der Waals surface area contributed by atoms with Gasteiger partial charge in [0.15, 0.2) is 11.5 Å². The molecule has 0 unspecified atom stereocenters. The van der Waals surface area contributed by atoms with E-state index in [9.17, 15) is 0 Å². The number of hydrogen-bond acceptors (Lipinski definition) is 6. The summed E-state index contributed by atoms with van der Waals surface area (Å²) in [6.45, 7) is 0. The number of rotatable bonds is 4. The predicted octanol–water partition coefficient (Wildman–Crippen LogP) is 5.77. The topological polar surface area (TPSA) is 43.3 Å². The highest BCUT2D eigenvalue weighted by Gasteiger charge is 2.41. The Balaban J connectivity index is 1.60. The van der Waals surface area contributed by atoms with E-state index in [1.54, 1.807) is 25.6 Å². The largest absolute Gasteiger partial charge is 0.493 e. The number of fused-ring (bicyclic) bond motifs is 3. The minimum absolute atomic E-state index is 0.117. The van der Waals surface area contributed by atoms with Gasteiger partial charge in [-0.25, -0.2) is 5.01 Å². The molecule has 5 rings (SSSR count). The minimum Gasteiger partial charge on any atom is -0.493 e. The molecule has 0 aliphatic carbocycles. The van der Waals surface area contributed by atoms with Crippen molar-refractivity contribution < 1.29 is 14.2 Å². The Morgan fingerprint density at radius 3 is 2.72 bits per heavy atom. The van der Waals surface area contributed by atoms with Gasteiger partial charge >= 0.3 is 0 Å². The highest BCUT2D eigenvalue weighted by atomic mass is 79.9. The summed E-state index contributed by atoms with van der Waals surface area (Å²) >= 11 is 5.31. The Hall–Kier alpha value is -2.51. The first kappa shape index (κ1) is 18.5. The molecule has 0 bridgehead atoms. The lowest BCUT2D eigenvalue weighted by atomic mass is 9.97. The Kier molecular flexibility index (Phi) is 4.72. The number of hydrazone groups is 1. The lowest BCUT2D eigenvalue weighted by molar-refractivity contribution is -0.0192. The Morgan fingerprint density at radius 1 is 1.10 bits per heavy atom. The van der Waals surface area contributed by atoms with Gasteiger partial charge in [-0.15, -0.1) is 11.3 Å². The number of hydrogen-bond donors (Lipinski definition) is 0. The van der Waals surface area contributed by atoms with Crippen molar-refractivity contribution in [1.82, 2.24) is 5.01 Å². The van der Waals surface area contributed by atoms with Crippen LogP contribution >= 0.6 is 27.3 Å². The van der Waals surface area contributed by atoms with Gasteiger partial charge in [0, 0.05) is 22.0 Å². The summed E-state index contributed by atoms with van der Waals surface area (Å²) in [5.74, 6) is 2.25. The summed E-state index contributed by atoms with van der Waals surface area (Å²) in [5, 5.41) is 9.14. The van der Waals surface area contributed by atoms with E-state index in [4.69, 9.17) is 19.3 Å². The number of halogens is 1. The number of thiophene rings is 1. The fourth-order valence-electron chi connectivity index (χ4n) is 3.88. The van der Waals surface area contributed by atoms with Gasteiger partial charge in [-0.05, 0) is 47.8 Å². The van der Waals surface area contributed by atoms with Crippen molar-refractivity contribution in [3.05, 3.63) is 74.4 Å². The molecule has 148 valence electrons. The van der Waals surface area contributed by atoms with Gasteiger partial charge < -0.3 is 14.2 Å². The molecule has 0 radical (unpaired) electrons. The Morgan fingerprint density at radius 2 is 1.97 bits per heavy atom. The van der Waals surface area contributed by atoms with Crippen LogP contribution in [-0.4, -0.2) is 24.9 Å². The number of benzene rings is 2. The molecule has 0 fully saturated rings. The van der Waals surface area contributed by atoms with Gasteiger partial charge in [-0.1, -0.05) is 22.0 Å². The molecule has 0 N–H and O–H groups in total. The van der Waals surface area contributed by atoms with E-state index in [1.165, 1.54) is 4.88 Å². The fourth-order valence-corrected chi connectivity index (χ4v) is 4.98. The van der Waals surface area contributed by atoms with E-state index in [0.717, 1.165) is 33.5 Å². The van der Waals surface area contributed by atoms with Crippen molar-refractivity contribution in [3.63, 3.8) is 0 Å². The van der Waals surface area contributed by atoms with E-state index < -0.39 is 0 Å². The maximum absolute atomic E-state index is 6.43. The first-order valence-electron chi connectivity index (χ1n) is 9.25.